The first-order valence-electron chi connectivity index (χ1n) is 5.90. The van der Waals surface area contributed by atoms with E-state index in [1.165, 1.54) is 13.1 Å². The Morgan fingerprint density at radius 3 is 2.56 bits per heavy atom. The molecular formula is C11H19N3O3S. The Hall–Kier alpha value is -1.21. The minimum atomic E-state index is -3.73. The van der Waals surface area contributed by atoms with Crippen molar-refractivity contribution in [1.29, 1.82) is 0 Å². The second-order valence-electron chi connectivity index (χ2n) is 4.08. The lowest BCUT2D eigenvalue weighted by atomic mass is 10.2. The van der Waals surface area contributed by atoms with Crippen LogP contribution in [0.5, 0.6) is 0 Å². The fourth-order valence-corrected chi connectivity index (χ4v) is 2.83. The summed E-state index contributed by atoms with van der Waals surface area (Å²) in [6.45, 7) is 7.53. The molecule has 0 aliphatic rings. The zero-order valence-corrected chi connectivity index (χ0v) is 11.9. The van der Waals surface area contributed by atoms with Gasteiger partial charge in [0.2, 0.25) is 0 Å². The molecule has 0 saturated heterocycles. The molecule has 1 unspecified atom stereocenters. The highest BCUT2D eigenvalue weighted by molar-refractivity contribution is 7.89. The quantitative estimate of drug-likeness (QED) is 0.833. The van der Waals surface area contributed by atoms with E-state index >= 15 is 0 Å². The molecule has 1 atom stereocenters. The molecule has 1 heterocycles. The lowest BCUT2D eigenvalue weighted by Gasteiger charge is -2.10. The number of aromatic nitrogens is 2. The molecule has 7 heteroatoms. The molecule has 0 radical (unpaired) electrons. The predicted octanol–water partition coefficient (Wildman–Crippen LogP) is 0.857. The summed E-state index contributed by atoms with van der Waals surface area (Å²) in [5, 5.41) is -0.0439. The topological polar surface area (TPSA) is 81.1 Å². The van der Waals surface area contributed by atoms with Crippen molar-refractivity contribution >= 4 is 15.8 Å². The molecule has 0 amide bonds. The average Bonchev–Trinajstić information content (AvgIpc) is 2.69. The van der Waals surface area contributed by atoms with Gasteiger partial charge in [0.15, 0.2) is 5.03 Å². The third-order valence-corrected chi connectivity index (χ3v) is 4.14. The van der Waals surface area contributed by atoms with Crippen molar-refractivity contribution in [1.82, 2.24) is 14.3 Å². The van der Waals surface area contributed by atoms with Crippen LogP contribution >= 0.6 is 0 Å². The number of ketones is 1. The molecule has 0 spiro atoms. The molecule has 102 valence electrons. The van der Waals surface area contributed by atoms with E-state index in [2.05, 4.69) is 9.71 Å². The van der Waals surface area contributed by atoms with Gasteiger partial charge in [-0.1, -0.05) is 6.92 Å². The van der Waals surface area contributed by atoms with E-state index in [9.17, 15) is 13.2 Å². The highest BCUT2D eigenvalue weighted by atomic mass is 32.2. The maximum absolute atomic E-state index is 12.0. The number of carbonyl (C=O) groups excluding carboxylic acids is 1. The van der Waals surface area contributed by atoms with Crippen LogP contribution in [0.3, 0.4) is 0 Å². The van der Waals surface area contributed by atoms with Gasteiger partial charge in [0.25, 0.3) is 10.0 Å². The summed E-state index contributed by atoms with van der Waals surface area (Å²) in [5.41, 5.74) is 0. The van der Waals surface area contributed by atoms with Gasteiger partial charge < -0.3 is 4.57 Å². The molecule has 0 aromatic carbocycles. The first-order valence-corrected chi connectivity index (χ1v) is 7.39. The monoisotopic (exact) mass is 273 g/mol. The lowest BCUT2D eigenvalue weighted by molar-refractivity contribution is -0.119. The summed E-state index contributed by atoms with van der Waals surface area (Å²) < 4.78 is 28.1. The minimum absolute atomic E-state index is 0.0439. The summed E-state index contributed by atoms with van der Waals surface area (Å²) in [4.78, 5) is 15.4. The van der Waals surface area contributed by atoms with Crippen molar-refractivity contribution in [3.05, 3.63) is 12.0 Å². The molecule has 18 heavy (non-hydrogen) atoms. The smallest absolute Gasteiger partial charge is 0.260 e. The number of rotatable bonds is 6. The zero-order valence-electron chi connectivity index (χ0n) is 11.1. The number of hydrogen-bond donors (Lipinski definition) is 1. The average molecular weight is 273 g/mol. The van der Waals surface area contributed by atoms with Crippen LogP contribution in [-0.2, 0) is 21.4 Å². The van der Waals surface area contributed by atoms with Crippen LogP contribution in [0.2, 0.25) is 0 Å². The summed E-state index contributed by atoms with van der Waals surface area (Å²) in [6.07, 6.45) is 1.77. The first kappa shape index (κ1) is 14.8. The third-order valence-electron chi connectivity index (χ3n) is 2.73. The second kappa shape index (κ2) is 5.62. The van der Waals surface area contributed by atoms with Gasteiger partial charge in [-0.25, -0.2) is 13.4 Å². The highest BCUT2D eigenvalue weighted by Gasteiger charge is 2.23. The Kier molecular flexibility index (Phi) is 4.64. The number of imidazole rings is 1. The Morgan fingerprint density at radius 2 is 2.11 bits per heavy atom. The normalized spacial score (nSPS) is 13.6. The van der Waals surface area contributed by atoms with Gasteiger partial charge >= 0.3 is 0 Å². The number of aryl methyl sites for hydroxylation is 2. The maximum Gasteiger partial charge on any atom is 0.260 e. The number of sulfonamides is 1. The summed E-state index contributed by atoms with van der Waals surface area (Å²) >= 11 is 0. The van der Waals surface area contributed by atoms with E-state index in [0.717, 1.165) is 0 Å². The van der Waals surface area contributed by atoms with Crippen molar-refractivity contribution in [2.45, 2.75) is 51.7 Å². The summed E-state index contributed by atoms with van der Waals surface area (Å²) in [5.74, 6) is 0.484. The van der Waals surface area contributed by atoms with E-state index in [4.69, 9.17) is 0 Å². The van der Waals surface area contributed by atoms with Crippen molar-refractivity contribution in [3.8, 4) is 0 Å². The summed E-state index contributed by atoms with van der Waals surface area (Å²) in [6, 6.07) is -0.730. The van der Waals surface area contributed by atoms with Gasteiger partial charge in [-0.05, 0) is 20.8 Å². The van der Waals surface area contributed by atoms with E-state index in [0.29, 0.717) is 18.8 Å². The van der Waals surface area contributed by atoms with Crippen LogP contribution in [0.15, 0.2) is 11.2 Å². The van der Waals surface area contributed by atoms with E-state index in [-0.39, 0.29) is 10.8 Å². The van der Waals surface area contributed by atoms with Gasteiger partial charge in [-0.15, -0.1) is 0 Å². The molecule has 0 saturated carbocycles. The van der Waals surface area contributed by atoms with Crippen molar-refractivity contribution in [2.24, 2.45) is 0 Å². The van der Waals surface area contributed by atoms with Crippen LogP contribution in [-0.4, -0.2) is 29.8 Å². The Balaban J connectivity index is 2.96. The molecule has 1 N–H and O–H groups in total. The molecule has 0 aliphatic carbocycles. The number of carbonyl (C=O) groups is 1. The second-order valence-corrected chi connectivity index (χ2v) is 5.74. The Labute approximate surface area is 107 Å². The van der Waals surface area contributed by atoms with Crippen LogP contribution in [0, 0.1) is 6.92 Å². The molecule has 6 nitrogen and oxygen atoms in total. The molecule has 1 aromatic heterocycles. The standard InChI is InChI=1S/C11H19N3O3S/c1-5-10(15)8(3)13-18(16,17)11-7-14(6-2)9(4)12-11/h7-8,13H,5-6H2,1-4H3. The van der Waals surface area contributed by atoms with Crippen molar-refractivity contribution < 1.29 is 13.2 Å². The number of Topliss-reactive ketones (excluding diaryl/α,β-unsaturated/α-hetero) is 1. The highest BCUT2D eigenvalue weighted by Crippen LogP contribution is 2.10. The SMILES string of the molecule is CCC(=O)C(C)NS(=O)(=O)c1cn(CC)c(C)n1. The Bertz CT molecular complexity index is 534. The third kappa shape index (κ3) is 3.17. The van der Waals surface area contributed by atoms with Gasteiger partial charge in [0, 0.05) is 19.2 Å². The number of nitrogens with zero attached hydrogens (tertiary/aromatic N) is 2. The van der Waals surface area contributed by atoms with Crippen LogP contribution < -0.4 is 4.72 Å². The largest absolute Gasteiger partial charge is 0.334 e. The van der Waals surface area contributed by atoms with Gasteiger partial charge in [0.1, 0.15) is 11.6 Å². The number of nitrogens with one attached hydrogen (secondary N) is 1. The predicted molar refractivity (Wildman–Crippen MR) is 67.7 cm³/mol. The molecule has 1 aromatic rings. The van der Waals surface area contributed by atoms with Crippen LogP contribution in [0.25, 0.3) is 0 Å². The summed E-state index contributed by atoms with van der Waals surface area (Å²) in [7, 11) is -3.73. The van der Waals surface area contributed by atoms with E-state index in [1.54, 1.807) is 18.4 Å². The fraction of sp³-hybridized carbons (Fsp3) is 0.636. The zero-order chi connectivity index (χ0) is 13.9. The van der Waals surface area contributed by atoms with Gasteiger partial charge in [0.05, 0.1) is 6.04 Å². The molecular weight excluding hydrogens is 254 g/mol. The van der Waals surface area contributed by atoms with E-state index in [1.807, 2.05) is 6.92 Å². The molecule has 0 bridgehead atoms. The lowest BCUT2D eigenvalue weighted by Crippen LogP contribution is -2.38. The number of hydrogen-bond acceptors (Lipinski definition) is 4. The minimum Gasteiger partial charge on any atom is -0.334 e. The van der Waals surface area contributed by atoms with Crippen LogP contribution in [0.4, 0.5) is 0 Å². The Morgan fingerprint density at radius 1 is 1.50 bits per heavy atom. The van der Waals surface area contributed by atoms with E-state index < -0.39 is 16.1 Å². The van der Waals surface area contributed by atoms with Gasteiger partial charge in [-0.2, -0.15) is 4.72 Å². The maximum atomic E-state index is 12.0. The van der Waals surface area contributed by atoms with Crippen molar-refractivity contribution in [3.63, 3.8) is 0 Å². The van der Waals surface area contributed by atoms with Crippen LogP contribution in [0.1, 0.15) is 33.0 Å². The van der Waals surface area contributed by atoms with Gasteiger partial charge in [-0.3, -0.25) is 4.79 Å². The molecule has 0 aliphatic heterocycles. The fourth-order valence-electron chi connectivity index (χ4n) is 1.59. The molecule has 1 rings (SSSR count). The first-order chi connectivity index (χ1) is 8.31. The van der Waals surface area contributed by atoms with Crippen molar-refractivity contribution in [2.75, 3.05) is 0 Å². The molecule has 0 fully saturated rings.